The van der Waals surface area contributed by atoms with E-state index in [-0.39, 0.29) is 0 Å². The van der Waals surface area contributed by atoms with Gasteiger partial charge >= 0.3 is 0 Å². The van der Waals surface area contributed by atoms with Crippen LogP contribution in [0.4, 0.5) is 5.69 Å². The third-order valence-corrected chi connectivity index (χ3v) is 3.77. The van der Waals surface area contributed by atoms with Crippen molar-refractivity contribution in [2.24, 2.45) is 5.10 Å². The van der Waals surface area contributed by atoms with E-state index in [9.17, 15) is 0 Å². The summed E-state index contributed by atoms with van der Waals surface area (Å²) < 4.78 is 5.76. The quantitative estimate of drug-likeness (QED) is 0.496. The van der Waals surface area contributed by atoms with Crippen LogP contribution >= 0.6 is 11.6 Å². The number of furan rings is 1. The van der Waals surface area contributed by atoms with E-state index in [0.29, 0.717) is 10.8 Å². The van der Waals surface area contributed by atoms with Gasteiger partial charge < -0.3 is 4.42 Å². The molecule has 116 valence electrons. The predicted molar refractivity (Wildman–Crippen MR) is 96.3 cm³/mol. The second-order valence-electron chi connectivity index (χ2n) is 5.40. The van der Waals surface area contributed by atoms with Gasteiger partial charge in [-0.15, -0.1) is 0 Å². The molecule has 0 saturated carbocycles. The molecule has 3 nitrogen and oxygen atoms in total. The standard InChI is InChI=1S/C19H17ClN2O/c1-13-3-9-18(14(2)11-13)22-21-12-17-8-10-19(23-17)15-4-6-16(20)7-5-15/h3-12,22H,1-2H3/b21-12-. The minimum atomic E-state index is 0.687. The summed E-state index contributed by atoms with van der Waals surface area (Å²) in [6, 6.07) is 17.5. The zero-order valence-electron chi connectivity index (χ0n) is 13.0. The minimum absolute atomic E-state index is 0.687. The number of aryl methyl sites for hydroxylation is 2. The number of benzene rings is 2. The van der Waals surface area contributed by atoms with Gasteiger partial charge in [0.25, 0.3) is 0 Å². The lowest BCUT2D eigenvalue weighted by molar-refractivity contribution is 0.575. The fraction of sp³-hybridized carbons (Fsp3) is 0.105. The van der Waals surface area contributed by atoms with Crippen molar-refractivity contribution in [1.29, 1.82) is 0 Å². The van der Waals surface area contributed by atoms with Crippen LogP contribution in [0.3, 0.4) is 0 Å². The maximum Gasteiger partial charge on any atom is 0.147 e. The molecule has 0 bridgehead atoms. The lowest BCUT2D eigenvalue weighted by Gasteiger charge is -2.04. The molecule has 3 rings (SSSR count). The third kappa shape index (κ3) is 3.82. The Labute approximate surface area is 140 Å². The van der Waals surface area contributed by atoms with Crippen molar-refractivity contribution in [3.63, 3.8) is 0 Å². The van der Waals surface area contributed by atoms with Crippen LogP contribution in [0.15, 0.2) is 64.1 Å². The monoisotopic (exact) mass is 324 g/mol. The average molecular weight is 325 g/mol. The normalized spacial score (nSPS) is 11.1. The molecular formula is C19H17ClN2O. The second kappa shape index (κ2) is 6.71. The number of anilines is 1. The average Bonchev–Trinajstić information content (AvgIpc) is 2.99. The molecule has 0 atom stereocenters. The van der Waals surface area contributed by atoms with E-state index in [0.717, 1.165) is 22.6 Å². The van der Waals surface area contributed by atoms with E-state index in [4.69, 9.17) is 16.0 Å². The number of hydrazone groups is 1. The number of hydrogen-bond acceptors (Lipinski definition) is 3. The highest BCUT2D eigenvalue weighted by Gasteiger charge is 2.03. The van der Waals surface area contributed by atoms with Gasteiger partial charge in [-0.25, -0.2) is 0 Å². The molecule has 4 heteroatoms. The van der Waals surface area contributed by atoms with Crippen LogP contribution in [0.1, 0.15) is 16.9 Å². The number of hydrogen-bond donors (Lipinski definition) is 1. The maximum absolute atomic E-state index is 5.89. The van der Waals surface area contributed by atoms with Crippen molar-refractivity contribution in [3.8, 4) is 11.3 Å². The predicted octanol–water partition coefficient (Wildman–Crippen LogP) is 5.66. The first-order chi connectivity index (χ1) is 11.1. The van der Waals surface area contributed by atoms with E-state index < -0.39 is 0 Å². The number of nitrogens with one attached hydrogen (secondary N) is 1. The highest BCUT2D eigenvalue weighted by Crippen LogP contribution is 2.23. The van der Waals surface area contributed by atoms with E-state index in [1.165, 1.54) is 5.56 Å². The summed E-state index contributed by atoms with van der Waals surface area (Å²) in [6.07, 6.45) is 1.67. The van der Waals surface area contributed by atoms with Crippen LogP contribution in [-0.2, 0) is 0 Å². The molecular weight excluding hydrogens is 308 g/mol. The highest BCUT2D eigenvalue weighted by molar-refractivity contribution is 6.30. The molecule has 0 aliphatic rings. The van der Waals surface area contributed by atoms with Gasteiger partial charge in [0, 0.05) is 10.6 Å². The molecule has 0 amide bonds. The molecule has 0 fully saturated rings. The SMILES string of the molecule is Cc1ccc(N/N=C\c2ccc(-c3ccc(Cl)cc3)o2)c(C)c1. The van der Waals surface area contributed by atoms with Gasteiger partial charge in [-0.3, -0.25) is 5.43 Å². The smallest absolute Gasteiger partial charge is 0.147 e. The topological polar surface area (TPSA) is 37.5 Å². The first-order valence-electron chi connectivity index (χ1n) is 7.34. The van der Waals surface area contributed by atoms with Gasteiger partial charge in [-0.2, -0.15) is 5.10 Å². The van der Waals surface area contributed by atoms with E-state index in [1.807, 2.05) is 42.5 Å². The summed E-state index contributed by atoms with van der Waals surface area (Å²) >= 11 is 5.89. The molecule has 0 aliphatic carbocycles. The third-order valence-electron chi connectivity index (χ3n) is 3.51. The number of rotatable bonds is 4. The molecule has 0 saturated heterocycles. The van der Waals surface area contributed by atoms with Crippen LogP contribution in [0.5, 0.6) is 0 Å². The molecule has 1 N–H and O–H groups in total. The Bertz CT molecular complexity index is 835. The lowest BCUT2D eigenvalue weighted by atomic mass is 10.1. The summed E-state index contributed by atoms with van der Waals surface area (Å²) in [6.45, 7) is 4.12. The summed E-state index contributed by atoms with van der Waals surface area (Å²) in [5.41, 5.74) is 7.39. The van der Waals surface area contributed by atoms with Crippen LogP contribution in [-0.4, -0.2) is 6.21 Å². The summed E-state index contributed by atoms with van der Waals surface area (Å²) in [7, 11) is 0. The van der Waals surface area contributed by atoms with Crippen LogP contribution in [0.25, 0.3) is 11.3 Å². The Morgan fingerprint density at radius 2 is 1.78 bits per heavy atom. The molecule has 0 radical (unpaired) electrons. The summed E-state index contributed by atoms with van der Waals surface area (Å²) in [4.78, 5) is 0. The van der Waals surface area contributed by atoms with Gasteiger partial charge in [0.2, 0.25) is 0 Å². The number of nitrogens with zero attached hydrogens (tertiary/aromatic N) is 1. The number of halogens is 1. The van der Waals surface area contributed by atoms with Gasteiger partial charge in [0.15, 0.2) is 0 Å². The van der Waals surface area contributed by atoms with Crippen molar-refractivity contribution in [1.82, 2.24) is 0 Å². The van der Waals surface area contributed by atoms with Crippen molar-refractivity contribution < 1.29 is 4.42 Å². The Kier molecular flexibility index (Phi) is 4.49. The largest absolute Gasteiger partial charge is 0.455 e. The van der Waals surface area contributed by atoms with Gasteiger partial charge in [-0.1, -0.05) is 29.3 Å². The van der Waals surface area contributed by atoms with Crippen LogP contribution in [0.2, 0.25) is 5.02 Å². The zero-order valence-corrected chi connectivity index (χ0v) is 13.8. The molecule has 0 unspecified atom stereocenters. The minimum Gasteiger partial charge on any atom is -0.455 e. The van der Waals surface area contributed by atoms with Crippen LogP contribution in [0, 0.1) is 13.8 Å². The van der Waals surface area contributed by atoms with Gasteiger partial charge in [0.1, 0.15) is 11.5 Å². The van der Waals surface area contributed by atoms with E-state index in [2.05, 4.69) is 36.5 Å². The fourth-order valence-electron chi connectivity index (χ4n) is 2.30. The van der Waals surface area contributed by atoms with Gasteiger partial charge in [0.05, 0.1) is 11.9 Å². The fourth-order valence-corrected chi connectivity index (χ4v) is 2.42. The first-order valence-corrected chi connectivity index (χ1v) is 7.72. The van der Waals surface area contributed by atoms with E-state index >= 15 is 0 Å². The molecule has 0 spiro atoms. The molecule has 3 aromatic rings. The Morgan fingerprint density at radius 3 is 2.52 bits per heavy atom. The molecule has 1 heterocycles. The van der Waals surface area contributed by atoms with Crippen molar-refractivity contribution in [2.75, 3.05) is 5.43 Å². The highest BCUT2D eigenvalue weighted by atomic mass is 35.5. The van der Waals surface area contributed by atoms with Crippen molar-refractivity contribution in [3.05, 3.63) is 76.5 Å². The zero-order chi connectivity index (χ0) is 16.2. The Balaban J connectivity index is 1.70. The Morgan fingerprint density at radius 1 is 1.00 bits per heavy atom. The lowest BCUT2D eigenvalue weighted by Crippen LogP contribution is -1.93. The summed E-state index contributed by atoms with van der Waals surface area (Å²) in [5, 5.41) is 4.94. The Hall–Kier alpha value is -2.52. The van der Waals surface area contributed by atoms with Crippen LogP contribution < -0.4 is 5.43 Å². The second-order valence-corrected chi connectivity index (χ2v) is 5.83. The maximum atomic E-state index is 5.89. The molecule has 0 aliphatic heterocycles. The molecule has 1 aromatic heterocycles. The van der Waals surface area contributed by atoms with Gasteiger partial charge in [-0.05, 0) is 61.9 Å². The molecule has 23 heavy (non-hydrogen) atoms. The van der Waals surface area contributed by atoms with E-state index in [1.54, 1.807) is 6.21 Å². The van der Waals surface area contributed by atoms with Crippen molar-refractivity contribution >= 4 is 23.5 Å². The first kappa shape index (κ1) is 15.4. The summed E-state index contributed by atoms with van der Waals surface area (Å²) in [5.74, 6) is 1.47. The van der Waals surface area contributed by atoms with Crippen molar-refractivity contribution in [2.45, 2.75) is 13.8 Å². The molecule has 2 aromatic carbocycles.